The minimum Gasteiger partial charge on any atom is -0.490 e. The van der Waals surface area contributed by atoms with Gasteiger partial charge >= 0.3 is 0 Å². The highest BCUT2D eigenvalue weighted by molar-refractivity contribution is 5.48. The van der Waals surface area contributed by atoms with Gasteiger partial charge in [-0.05, 0) is 31.9 Å². The number of benzene rings is 1. The van der Waals surface area contributed by atoms with Gasteiger partial charge in [-0.1, -0.05) is 26.0 Å². The van der Waals surface area contributed by atoms with Crippen LogP contribution in [0.25, 0.3) is 0 Å². The third-order valence-electron chi connectivity index (χ3n) is 3.18. The van der Waals surface area contributed by atoms with E-state index in [1.807, 2.05) is 6.07 Å². The van der Waals surface area contributed by atoms with Crippen LogP contribution in [0.4, 0.5) is 0 Å². The first-order chi connectivity index (χ1) is 8.86. The molecule has 1 aliphatic rings. The van der Waals surface area contributed by atoms with Crippen LogP contribution in [-0.2, 0) is 0 Å². The van der Waals surface area contributed by atoms with Crippen molar-refractivity contribution < 1.29 is 9.47 Å². The van der Waals surface area contributed by atoms with Gasteiger partial charge in [-0.3, -0.25) is 0 Å². The van der Waals surface area contributed by atoms with Gasteiger partial charge in [0.05, 0.1) is 13.2 Å². The van der Waals surface area contributed by atoms with E-state index in [9.17, 15) is 0 Å². The van der Waals surface area contributed by atoms with Gasteiger partial charge in [0.15, 0.2) is 11.5 Å². The van der Waals surface area contributed by atoms with Gasteiger partial charge in [0.1, 0.15) is 0 Å². The molecule has 100 valence electrons. The summed E-state index contributed by atoms with van der Waals surface area (Å²) < 4.78 is 11.7. The van der Waals surface area contributed by atoms with E-state index in [1.54, 1.807) is 0 Å². The van der Waals surface area contributed by atoms with Crippen molar-refractivity contribution in [2.24, 2.45) is 0 Å². The molecule has 0 spiro atoms. The lowest BCUT2D eigenvalue weighted by Gasteiger charge is -2.19. The molecule has 0 radical (unpaired) electrons. The van der Waals surface area contributed by atoms with Crippen LogP contribution in [-0.4, -0.2) is 19.8 Å². The Balaban J connectivity index is 2.27. The van der Waals surface area contributed by atoms with E-state index < -0.39 is 0 Å². The van der Waals surface area contributed by atoms with Gasteiger partial charge in [-0.25, -0.2) is 0 Å². The standard InChI is InChI=1S/C15H23NO2/c1-3-10-17-14-9-5-7-12-13(16-4-2)8-6-11-18-15(12)14/h5,7,9,13,16H,3-4,6,8,10-11H2,1-2H3. The lowest BCUT2D eigenvalue weighted by Crippen LogP contribution is -2.20. The van der Waals surface area contributed by atoms with Crippen molar-refractivity contribution in [3.05, 3.63) is 23.8 Å². The molecule has 1 aromatic rings. The lowest BCUT2D eigenvalue weighted by molar-refractivity contribution is 0.269. The molecular formula is C15H23NO2. The minimum absolute atomic E-state index is 0.387. The zero-order chi connectivity index (χ0) is 12.8. The highest BCUT2D eigenvalue weighted by atomic mass is 16.5. The van der Waals surface area contributed by atoms with E-state index in [4.69, 9.17) is 9.47 Å². The molecule has 3 heteroatoms. The second-order valence-corrected chi connectivity index (χ2v) is 4.62. The molecule has 1 aromatic carbocycles. The maximum absolute atomic E-state index is 5.89. The van der Waals surface area contributed by atoms with Crippen LogP contribution in [0.3, 0.4) is 0 Å². The molecule has 2 rings (SSSR count). The molecule has 1 aliphatic heterocycles. The minimum atomic E-state index is 0.387. The van der Waals surface area contributed by atoms with Crippen LogP contribution >= 0.6 is 0 Å². The fourth-order valence-electron chi connectivity index (χ4n) is 2.36. The maximum Gasteiger partial charge on any atom is 0.165 e. The summed E-state index contributed by atoms with van der Waals surface area (Å²) in [5.41, 5.74) is 1.24. The molecule has 0 saturated carbocycles. The third kappa shape index (κ3) is 2.96. The molecule has 1 heterocycles. The van der Waals surface area contributed by atoms with Gasteiger partial charge < -0.3 is 14.8 Å². The molecule has 1 atom stereocenters. The Hall–Kier alpha value is -1.22. The quantitative estimate of drug-likeness (QED) is 0.868. The van der Waals surface area contributed by atoms with Gasteiger partial charge in [0.25, 0.3) is 0 Å². The monoisotopic (exact) mass is 249 g/mol. The highest BCUT2D eigenvalue weighted by Gasteiger charge is 2.21. The van der Waals surface area contributed by atoms with E-state index in [0.29, 0.717) is 6.04 Å². The second-order valence-electron chi connectivity index (χ2n) is 4.62. The molecule has 0 amide bonds. The molecule has 0 bridgehead atoms. The van der Waals surface area contributed by atoms with E-state index in [-0.39, 0.29) is 0 Å². The fourth-order valence-corrected chi connectivity index (χ4v) is 2.36. The summed E-state index contributed by atoms with van der Waals surface area (Å²) in [6.07, 6.45) is 3.22. The van der Waals surface area contributed by atoms with E-state index in [0.717, 1.165) is 50.5 Å². The summed E-state index contributed by atoms with van der Waals surface area (Å²) in [5.74, 6) is 1.83. The second kappa shape index (κ2) is 6.64. The van der Waals surface area contributed by atoms with Gasteiger partial charge in [0, 0.05) is 11.6 Å². The Morgan fingerprint density at radius 3 is 3.06 bits per heavy atom. The first-order valence-corrected chi connectivity index (χ1v) is 6.98. The SMILES string of the molecule is CCCOc1cccc2c1OCCCC2NCC. The van der Waals surface area contributed by atoms with E-state index >= 15 is 0 Å². The van der Waals surface area contributed by atoms with E-state index in [1.165, 1.54) is 5.56 Å². The average Bonchev–Trinajstić information content (AvgIpc) is 2.60. The molecule has 1 unspecified atom stereocenters. The van der Waals surface area contributed by atoms with Crippen LogP contribution < -0.4 is 14.8 Å². The first-order valence-electron chi connectivity index (χ1n) is 6.98. The zero-order valence-electron chi connectivity index (χ0n) is 11.4. The van der Waals surface area contributed by atoms with Crippen molar-refractivity contribution >= 4 is 0 Å². The molecule has 3 nitrogen and oxygen atoms in total. The smallest absolute Gasteiger partial charge is 0.165 e. The van der Waals surface area contributed by atoms with Crippen molar-refractivity contribution in [3.63, 3.8) is 0 Å². The Bertz CT molecular complexity index is 379. The van der Waals surface area contributed by atoms with Crippen molar-refractivity contribution in [2.45, 2.75) is 39.2 Å². The van der Waals surface area contributed by atoms with Crippen molar-refractivity contribution in [2.75, 3.05) is 19.8 Å². The molecule has 18 heavy (non-hydrogen) atoms. The van der Waals surface area contributed by atoms with Gasteiger partial charge in [-0.2, -0.15) is 0 Å². The van der Waals surface area contributed by atoms with Crippen molar-refractivity contribution in [3.8, 4) is 11.5 Å². The molecule has 0 aliphatic carbocycles. The Morgan fingerprint density at radius 1 is 1.39 bits per heavy atom. The summed E-state index contributed by atoms with van der Waals surface area (Å²) in [5, 5.41) is 3.53. The maximum atomic E-state index is 5.89. The summed E-state index contributed by atoms with van der Waals surface area (Å²) in [7, 11) is 0. The van der Waals surface area contributed by atoms with Crippen LogP contribution in [0, 0.1) is 0 Å². The van der Waals surface area contributed by atoms with Crippen LogP contribution in [0.2, 0.25) is 0 Å². The Morgan fingerprint density at radius 2 is 2.28 bits per heavy atom. The number of hydrogen-bond acceptors (Lipinski definition) is 3. The summed E-state index contributed by atoms with van der Waals surface area (Å²) in [6.45, 7) is 6.75. The number of para-hydroxylation sites is 1. The predicted octanol–water partition coefficient (Wildman–Crippen LogP) is 3.30. The number of nitrogens with one attached hydrogen (secondary N) is 1. The Kier molecular flexibility index (Phi) is 4.88. The number of fused-ring (bicyclic) bond motifs is 1. The molecule has 0 saturated heterocycles. The largest absolute Gasteiger partial charge is 0.490 e. The van der Waals surface area contributed by atoms with Gasteiger partial charge in [0.2, 0.25) is 0 Å². The average molecular weight is 249 g/mol. The number of rotatable bonds is 5. The van der Waals surface area contributed by atoms with Gasteiger partial charge in [-0.15, -0.1) is 0 Å². The predicted molar refractivity (Wildman–Crippen MR) is 73.4 cm³/mol. The van der Waals surface area contributed by atoms with E-state index in [2.05, 4.69) is 31.3 Å². The first kappa shape index (κ1) is 13.2. The number of ether oxygens (including phenoxy) is 2. The highest BCUT2D eigenvalue weighted by Crippen LogP contribution is 2.38. The lowest BCUT2D eigenvalue weighted by atomic mass is 10.0. The Labute approximate surface area is 109 Å². The summed E-state index contributed by atoms with van der Waals surface area (Å²) >= 11 is 0. The molecular weight excluding hydrogens is 226 g/mol. The number of hydrogen-bond donors (Lipinski definition) is 1. The van der Waals surface area contributed by atoms with Crippen molar-refractivity contribution in [1.82, 2.24) is 5.32 Å². The van der Waals surface area contributed by atoms with Crippen LogP contribution in [0.1, 0.15) is 44.7 Å². The summed E-state index contributed by atoms with van der Waals surface area (Å²) in [4.78, 5) is 0. The zero-order valence-corrected chi connectivity index (χ0v) is 11.4. The topological polar surface area (TPSA) is 30.5 Å². The molecule has 1 N–H and O–H groups in total. The third-order valence-corrected chi connectivity index (χ3v) is 3.18. The van der Waals surface area contributed by atoms with Crippen LogP contribution in [0.15, 0.2) is 18.2 Å². The molecule has 0 fully saturated rings. The van der Waals surface area contributed by atoms with Crippen LogP contribution in [0.5, 0.6) is 11.5 Å². The fraction of sp³-hybridized carbons (Fsp3) is 0.600. The molecule has 0 aromatic heterocycles. The normalized spacial score (nSPS) is 18.7. The summed E-state index contributed by atoms with van der Waals surface area (Å²) in [6, 6.07) is 6.59. The van der Waals surface area contributed by atoms with Crippen molar-refractivity contribution in [1.29, 1.82) is 0 Å².